The Labute approximate surface area is 180 Å². The summed E-state index contributed by atoms with van der Waals surface area (Å²) < 4.78 is 2.51. The van der Waals surface area contributed by atoms with Crippen LogP contribution in [0.3, 0.4) is 0 Å². The van der Waals surface area contributed by atoms with Crippen LogP contribution in [0.5, 0.6) is 0 Å². The van der Waals surface area contributed by atoms with Gasteiger partial charge in [-0.2, -0.15) is 0 Å². The Balaban J connectivity index is 1.72. The number of benzene rings is 3. The van der Waals surface area contributed by atoms with Crippen molar-refractivity contribution in [2.24, 2.45) is 0 Å². The van der Waals surface area contributed by atoms with Crippen molar-refractivity contribution in [2.45, 2.75) is 0 Å². The zero-order valence-corrected chi connectivity index (χ0v) is 17.8. The third kappa shape index (κ3) is 4.75. The summed E-state index contributed by atoms with van der Waals surface area (Å²) in [7, 11) is 0. The number of nitrogens with one attached hydrogen (secondary N) is 1. The number of amides is 1. The molecule has 0 saturated heterocycles. The van der Waals surface area contributed by atoms with E-state index in [1.165, 1.54) is 8.92 Å². The van der Waals surface area contributed by atoms with E-state index < -0.39 is 0 Å². The van der Waals surface area contributed by atoms with Crippen molar-refractivity contribution in [3.05, 3.63) is 108 Å². The van der Waals surface area contributed by atoms with Gasteiger partial charge in [0.05, 0.1) is 0 Å². The topological polar surface area (TPSA) is 42.0 Å². The molecule has 0 aliphatic rings. The first-order valence-electron chi connectivity index (χ1n) is 9.05. The van der Waals surface area contributed by atoms with Crippen molar-refractivity contribution < 1.29 is 4.79 Å². The Morgan fingerprint density at radius 1 is 0.828 bits per heavy atom. The zero-order valence-electron chi connectivity index (χ0n) is 15.4. The minimum atomic E-state index is -0.250. The van der Waals surface area contributed by atoms with E-state index in [1.54, 1.807) is 30.5 Å². The number of hydrogen-bond acceptors (Lipinski definition) is 2. The fraction of sp³-hybridized carbons (Fsp3) is 0. The molecule has 0 unspecified atom stereocenters. The quantitative estimate of drug-likeness (QED) is 0.448. The average molecular weight is 464 g/mol. The minimum absolute atomic E-state index is 0.127. The number of carbonyl (C=O) groups is 1. The predicted molar refractivity (Wildman–Crippen MR) is 121 cm³/mol. The molecule has 0 aliphatic heterocycles. The van der Waals surface area contributed by atoms with Gasteiger partial charge >= 0.3 is 181 Å². The van der Waals surface area contributed by atoms with Crippen LogP contribution in [0.2, 0.25) is 5.02 Å². The normalized spacial score (nSPS) is 10.5. The number of nitrogens with zero attached hydrogens (tertiary/aromatic N) is 1. The molecule has 3 aromatic carbocycles. The van der Waals surface area contributed by atoms with E-state index in [4.69, 9.17) is 11.6 Å². The third-order valence-corrected chi connectivity index (χ3v) is 6.78. The number of hydrogen-bond donors (Lipinski definition) is 1. The molecule has 0 atom stereocenters. The van der Waals surface area contributed by atoms with E-state index in [9.17, 15) is 4.79 Å². The van der Waals surface area contributed by atoms with E-state index in [2.05, 4.69) is 46.7 Å². The molecule has 0 saturated carbocycles. The molecule has 0 spiro atoms. The second-order valence-corrected chi connectivity index (χ2v) is 9.05. The summed E-state index contributed by atoms with van der Waals surface area (Å²) in [5.74, 6) is -0.250. The van der Waals surface area contributed by atoms with Crippen LogP contribution in [-0.4, -0.2) is 25.8 Å². The summed E-state index contributed by atoms with van der Waals surface area (Å²) in [5.41, 5.74) is 3.04. The maximum atomic E-state index is 12.7. The van der Waals surface area contributed by atoms with Crippen LogP contribution in [0, 0.1) is 0 Å². The molecule has 142 valence electrons. The molecule has 0 aliphatic carbocycles. The SMILES string of the molecule is O=C(Nc1ccc(Cl)cc1-c1ccccc1[Se]c1ccccc1)c1ccccn1. The molecule has 29 heavy (non-hydrogen) atoms. The van der Waals surface area contributed by atoms with Crippen LogP contribution in [0.4, 0.5) is 5.69 Å². The Bertz CT molecular complexity index is 1130. The monoisotopic (exact) mass is 464 g/mol. The van der Waals surface area contributed by atoms with E-state index >= 15 is 0 Å². The molecule has 3 nitrogen and oxygen atoms in total. The second kappa shape index (κ2) is 9.06. The van der Waals surface area contributed by atoms with Gasteiger partial charge in [0, 0.05) is 0 Å². The number of aromatic nitrogens is 1. The van der Waals surface area contributed by atoms with E-state index in [1.807, 2.05) is 30.3 Å². The van der Waals surface area contributed by atoms with Gasteiger partial charge in [-0.05, 0) is 0 Å². The average Bonchev–Trinajstić information content (AvgIpc) is 2.77. The molecular formula is C24H17ClN2OSe. The van der Waals surface area contributed by atoms with Gasteiger partial charge in [0.2, 0.25) is 0 Å². The van der Waals surface area contributed by atoms with Crippen LogP contribution in [0.25, 0.3) is 11.1 Å². The summed E-state index contributed by atoms with van der Waals surface area (Å²) in [5, 5.41) is 3.61. The molecule has 0 bridgehead atoms. The number of carbonyl (C=O) groups excluding carboxylic acids is 1. The van der Waals surface area contributed by atoms with Gasteiger partial charge in [0.1, 0.15) is 0 Å². The number of rotatable bonds is 5. The van der Waals surface area contributed by atoms with Crippen molar-refractivity contribution in [3.8, 4) is 11.1 Å². The molecule has 1 amide bonds. The standard InChI is InChI=1S/C24H17ClN2OSe/c25-17-13-14-21(27-24(28)22-11-6-7-15-26-22)20(16-17)19-10-4-5-12-23(19)29-18-8-2-1-3-9-18/h1-16H,(H,27,28). The van der Waals surface area contributed by atoms with Gasteiger partial charge in [-0.3, -0.25) is 0 Å². The summed E-state index contributed by atoms with van der Waals surface area (Å²) in [6, 6.07) is 29.4. The molecule has 1 N–H and O–H groups in total. The molecule has 5 heteroatoms. The van der Waals surface area contributed by atoms with Gasteiger partial charge in [-0.15, -0.1) is 0 Å². The first-order chi connectivity index (χ1) is 14.2. The van der Waals surface area contributed by atoms with Crippen molar-refractivity contribution in [1.82, 2.24) is 4.98 Å². The molecule has 0 fully saturated rings. The molecule has 1 aromatic heterocycles. The Morgan fingerprint density at radius 3 is 2.38 bits per heavy atom. The van der Waals surface area contributed by atoms with E-state index in [-0.39, 0.29) is 20.9 Å². The summed E-state index contributed by atoms with van der Waals surface area (Å²) in [4.78, 5) is 16.8. The van der Waals surface area contributed by atoms with Gasteiger partial charge in [-0.1, -0.05) is 0 Å². The summed E-state index contributed by atoms with van der Waals surface area (Å²) >= 11 is 6.44. The van der Waals surface area contributed by atoms with Crippen LogP contribution in [-0.2, 0) is 0 Å². The number of anilines is 1. The predicted octanol–water partition coefficient (Wildman–Crippen LogP) is 4.31. The number of halogens is 1. The first-order valence-corrected chi connectivity index (χ1v) is 11.1. The summed E-state index contributed by atoms with van der Waals surface area (Å²) in [6.07, 6.45) is 1.61. The van der Waals surface area contributed by atoms with E-state index in [0.29, 0.717) is 16.4 Å². The van der Waals surface area contributed by atoms with Crippen LogP contribution >= 0.6 is 11.6 Å². The maximum absolute atomic E-state index is 12.7. The van der Waals surface area contributed by atoms with Crippen molar-refractivity contribution >= 4 is 47.1 Å². The molecule has 4 aromatic rings. The van der Waals surface area contributed by atoms with Gasteiger partial charge in [0.25, 0.3) is 0 Å². The Hall–Kier alpha value is -2.91. The Morgan fingerprint density at radius 2 is 1.59 bits per heavy atom. The molecule has 1 heterocycles. The van der Waals surface area contributed by atoms with Gasteiger partial charge in [-0.25, -0.2) is 0 Å². The van der Waals surface area contributed by atoms with Crippen LogP contribution < -0.4 is 14.2 Å². The second-order valence-electron chi connectivity index (χ2n) is 6.27. The summed E-state index contributed by atoms with van der Waals surface area (Å²) in [6.45, 7) is 0. The molecule has 0 radical (unpaired) electrons. The number of pyridine rings is 1. The fourth-order valence-electron chi connectivity index (χ4n) is 2.93. The molecule has 4 rings (SSSR count). The van der Waals surface area contributed by atoms with Crippen molar-refractivity contribution in [1.29, 1.82) is 0 Å². The first kappa shape index (κ1) is 19.4. The fourth-order valence-corrected chi connectivity index (χ4v) is 5.16. The van der Waals surface area contributed by atoms with Gasteiger partial charge < -0.3 is 0 Å². The third-order valence-electron chi connectivity index (χ3n) is 4.28. The van der Waals surface area contributed by atoms with Crippen molar-refractivity contribution in [2.75, 3.05) is 5.32 Å². The van der Waals surface area contributed by atoms with Gasteiger partial charge in [0.15, 0.2) is 0 Å². The van der Waals surface area contributed by atoms with Crippen molar-refractivity contribution in [3.63, 3.8) is 0 Å². The zero-order chi connectivity index (χ0) is 20.1. The Kier molecular flexibility index (Phi) is 6.06. The molecular weight excluding hydrogens is 447 g/mol. The van der Waals surface area contributed by atoms with Crippen LogP contribution in [0.15, 0.2) is 97.2 Å². The van der Waals surface area contributed by atoms with E-state index in [0.717, 1.165) is 11.1 Å². The van der Waals surface area contributed by atoms with Crippen LogP contribution in [0.1, 0.15) is 10.5 Å².